The fourth-order valence-corrected chi connectivity index (χ4v) is 6.05. The molecule has 0 aliphatic rings. The van der Waals surface area contributed by atoms with Crippen LogP contribution in [0.25, 0.3) is 64.0 Å². The minimum atomic E-state index is -0.384. The van der Waals surface area contributed by atoms with Gasteiger partial charge in [-0.2, -0.15) is 0 Å². The lowest BCUT2D eigenvalue weighted by Gasteiger charge is -2.17. The standard InChI is InChI=1S/C32H20S/c1-2-10-21(11-3-1)31-24-13-4-6-15-26(24)32(27-16-7-5-14-25(27)31)22-18-19-30-28(20-22)23-12-8-9-17-29(23)33-30/h1-20H/i1D,2D,3D,10D,11D. The van der Waals surface area contributed by atoms with Crippen LogP contribution < -0.4 is 0 Å². The van der Waals surface area contributed by atoms with Crippen molar-refractivity contribution in [1.82, 2.24) is 0 Å². The highest BCUT2D eigenvalue weighted by atomic mass is 32.1. The van der Waals surface area contributed by atoms with E-state index in [1.54, 1.807) is 11.3 Å². The molecular weight excluding hydrogens is 416 g/mol. The number of hydrogen-bond acceptors (Lipinski definition) is 1. The summed E-state index contributed by atoms with van der Waals surface area (Å²) in [6.07, 6.45) is 0. The molecule has 0 saturated carbocycles. The molecule has 7 rings (SSSR count). The summed E-state index contributed by atoms with van der Waals surface area (Å²) in [5.41, 5.74) is 3.05. The Labute approximate surface area is 203 Å². The van der Waals surface area contributed by atoms with Crippen molar-refractivity contribution in [2.45, 2.75) is 0 Å². The fraction of sp³-hybridized carbons (Fsp3) is 0. The molecule has 0 atom stereocenters. The Bertz CT molecular complexity index is 2000. The molecule has 7 aromatic rings. The van der Waals surface area contributed by atoms with Crippen LogP contribution in [0, 0.1) is 0 Å². The van der Waals surface area contributed by atoms with E-state index in [4.69, 9.17) is 6.85 Å². The summed E-state index contributed by atoms with van der Waals surface area (Å²) < 4.78 is 44.6. The molecule has 1 heteroatoms. The summed E-state index contributed by atoms with van der Waals surface area (Å²) in [5.74, 6) is 0. The zero-order valence-electron chi connectivity index (χ0n) is 22.6. The maximum absolute atomic E-state index is 8.72. The van der Waals surface area contributed by atoms with Crippen LogP contribution in [-0.2, 0) is 0 Å². The van der Waals surface area contributed by atoms with E-state index in [1.807, 2.05) is 36.4 Å². The van der Waals surface area contributed by atoms with E-state index < -0.39 is 0 Å². The van der Waals surface area contributed by atoms with E-state index in [-0.39, 0.29) is 35.8 Å². The summed E-state index contributed by atoms with van der Waals surface area (Å²) in [7, 11) is 0. The summed E-state index contributed by atoms with van der Waals surface area (Å²) in [6.45, 7) is 0. The number of rotatable bonds is 2. The second-order valence-corrected chi connectivity index (χ2v) is 9.23. The first-order chi connectivity index (χ1) is 18.5. The van der Waals surface area contributed by atoms with Gasteiger partial charge in [0.25, 0.3) is 0 Å². The van der Waals surface area contributed by atoms with Crippen LogP contribution in [-0.4, -0.2) is 0 Å². The molecule has 0 radical (unpaired) electrons. The van der Waals surface area contributed by atoms with Crippen molar-refractivity contribution in [3.63, 3.8) is 0 Å². The number of fused-ring (bicyclic) bond motifs is 5. The highest BCUT2D eigenvalue weighted by Crippen LogP contribution is 2.45. The number of hydrogen-bond donors (Lipinski definition) is 0. The van der Waals surface area contributed by atoms with Crippen LogP contribution in [0.1, 0.15) is 6.85 Å². The second-order valence-electron chi connectivity index (χ2n) is 8.15. The Balaban J connectivity index is 1.64. The monoisotopic (exact) mass is 441 g/mol. The van der Waals surface area contributed by atoms with Crippen LogP contribution >= 0.6 is 11.3 Å². The molecule has 0 aliphatic carbocycles. The van der Waals surface area contributed by atoms with Gasteiger partial charge in [-0.25, -0.2) is 0 Å². The molecular formula is C32H20S. The van der Waals surface area contributed by atoms with Crippen LogP contribution in [0.15, 0.2) is 121 Å². The van der Waals surface area contributed by atoms with Crippen molar-refractivity contribution in [1.29, 1.82) is 0 Å². The maximum atomic E-state index is 8.72. The molecule has 0 N–H and O–H groups in total. The first kappa shape index (κ1) is 14.3. The van der Waals surface area contributed by atoms with Gasteiger partial charge in [0.1, 0.15) is 0 Å². The molecule has 154 valence electrons. The Kier molecular flexibility index (Phi) is 3.15. The van der Waals surface area contributed by atoms with Crippen molar-refractivity contribution in [2.75, 3.05) is 0 Å². The van der Waals surface area contributed by atoms with Gasteiger partial charge in [-0.15, -0.1) is 11.3 Å². The topological polar surface area (TPSA) is 0 Å². The zero-order valence-corrected chi connectivity index (χ0v) is 18.4. The molecule has 0 spiro atoms. The minimum absolute atomic E-state index is 0.190. The van der Waals surface area contributed by atoms with Crippen LogP contribution in [0.2, 0.25) is 0 Å². The average molecular weight is 442 g/mol. The van der Waals surface area contributed by atoms with Crippen molar-refractivity contribution in [3.05, 3.63) is 121 Å². The zero-order chi connectivity index (χ0) is 26.1. The molecule has 0 aliphatic heterocycles. The van der Waals surface area contributed by atoms with Crippen LogP contribution in [0.3, 0.4) is 0 Å². The highest BCUT2D eigenvalue weighted by Gasteiger charge is 2.17. The first-order valence-electron chi connectivity index (χ1n) is 13.4. The van der Waals surface area contributed by atoms with Gasteiger partial charge >= 0.3 is 0 Å². The van der Waals surface area contributed by atoms with Gasteiger partial charge in [-0.3, -0.25) is 0 Å². The number of thiophene rings is 1. The van der Waals surface area contributed by atoms with Crippen molar-refractivity contribution in [2.24, 2.45) is 0 Å². The molecule has 0 nitrogen and oxygen atoms in total. The Hall–Kier alpha value is -3.94. The second kappa shape index (κ2) is 7.30. The Morgan fingerprint density at radius 2 is 0.970 bits per heavy atom. The summed E-state index contributed by atoms with van der Waals surface area (Å²) >= 11 is 1.79. The van der Waals surface area contributed by atoms with Gasteiger partial charge in [0, 0.05) is 20.2 Å². The van der Waals surface area contributed by atoms with Gasteiger partial charge in [0.15, 0.2) is 0 Å². The molecule has 0 unspecified atom stereocenters. The molecule has 1 aromatic heterocycles. The molecule has 0 amide bonds. The summed E-state index contributed by atoms with van der Waals surface area (Å²) in [6, 6.07) is 29.6. The predicted molar refractivity (Wildman–Crippen MR) is 145 cm³/mol. The molecule has 0 bridgehead atoms. The fourth-order valence-electron chi connectivity index (χ4n) is 4.97. The van der Waals surface area contributed by atoms with Crippen LogP contribution in [0.4, 0.5) is 0 Å². The van der Waals surface area contributed by atoms with E-state index in [9.17, 15) is 0 Å². The normalized spacial score (nSPS) is 13.8. The van der Waals surface area contributed by atoms with Gasteiger partial charge < -0.3 is 0 Å². The van der Waals surface area contributed by atoms with Gasteiger partial charge in [0.05, 0.1) is 6.85 Å². The minimum Gasteiger partial charge on any atom is -0.135 e. The Morgan fingerprint density at radius 1 is 0.455 bits per heavy atom. The first-order valence-corrected chi connectivity index (χ1v) is 11.7. The van der Waals surface area contributed by atoms with Gasteiger partial charge in [0.2, 0.25) is 0 Å². The quantitative estimate of drug-likeness (QED) is 0.234. The largest absolute Gasteiger partial charge is 0.135 e. The third kappa shape index (κ3) is 2.83. The lowest BCUT2D eigenvalue weighted by molar-refractivity contribution is 1.66. The van der Waals surface area contributed by atoms with Crippen LogP contribution in [0.5, 0.6) is 0 Å². The van der Waals surface area contributed by atoms with Gasteiger partial charge in [-0.05, 0) is 62.0 Å². The summed E-state index contributed by atoms with van der Waals surface area (Å²) in [5, 5.41) is 6.12. The molecule has 6 aromatic carbocycles. The van der Waals surface area contributed by atoms with E-state index >= 15 is 0 Å². The molecule has 1 heterocycles. The smallest absolute Gasteiger partial charge is 0.0629 e. The SMILES string of the molecule is [2H]c1c([2H])c([2H])c(-c2c3ccccc3c(-c3ccc4sc5ccccc5c4c3)c3ccccc23)c([2H])c1[2H]. The molecule has 0 fully saturated rings. The predicted octanol–water partition coefficient (Wildman–Crippen LogP) is 9.69. The maximum Gasteiger partial charge on any atom is 0.0629 e. The van der Waals surface area contributed by atoms with Crippen molar-refractivity contribution >= 4 is 53.1 Å². The third-order valence-corrected chi connectivity index (χ3v) is 7.50. The average Bonchev–Trinajstić information content (AvgIpc) is 3.33. The lowest BCUT2D eigenvalue weighted by atomic mass is 9.86. The number of benzene rings is 6. The molecule has 0 saturated heterocycles. The van der Waals surface area contributed by atoms with E-state index in [0.717, 1.165) is 32.7 Å². The third-order valence-electron chi connectivity index (χ3n) is 6.35. The van der Waals surface area contributed by atoms with Crippen molar-refractivity contribution in [3.8, 4) is 22.3 Å². The van der Waals surface area contributed by atoms with E-state index in [0.29, 0.717) is 5.56 Å². The lowest BCUT2D eigenvalue weighted by Crippen LogP contribution is -1.90. The van der Waals surface area contributed by atoms with E-state index in [1.165, 1.54) is 20.2 Å². The van der Waals surface area contributed by atoms with Crippen molar-refractivity contribution < 1.29 is 6.85 Å². The Morgan fingerprint density at radius 3 is 1.61 bits per heavy atom. The summed E-state index contributed by atoms with van der Waals surface area (Å²) in [4.78, 5) is 0. The van der Waals surface area contributed by atoms with Gasteiger partial charge in [-0.1, -0.05) is 103 Å². The molecule has 33 heavy (non-hydrogen) atoms. The highest BCUT2D eigenvalue weighted by molar-refractivity contribution is 7.25. The van der Waals surface area contributed by atoms with E-state index in [2.05, 4.69) is 54.6 Å².